The predicted octanol–water partition coefficient (Wildman–Crippen LogP) is 2.32. The second-order valence-corrected chi connectivity index (χ2v) is 6.14. The van der Waals surface area contributed by atoms with Gasteiger partial charge in [0.15, 0.2) is 0 Å². The van der Waals surface area contributed by atoms with Gasteiger partial charge in [0, 0.05) is 13.2 Å². The lowest BCUT2D eigenvalue weighted by Gasteiger charge is -2.21. The van der Waals surface area contributed by atoms with Crippen molar-refractivity contribution in [2.75, 3.05) is 13.2 Å². The van der Waals surface area contributed by atoms with Crippen molar-refractivity contribution in [3.8, 4) is 0 Å². The molecule has 0 aliphatic rings. The second-order valence-electron chi connectivity index (χ2n) is 2.76. The van der Waals surface area contributed by atoms with E-state index in [1.54, 1.807) is 0 Å². The molecule has 0 aliphatic heterocycles. The van der Waals surface area contributed by atoms with E-state index in [1.807, 2.05) is 13.0 Å². The van der Waals surface area contributed by atoms with Crippen molar-refractivity contribution in [3.63, 3.8) is 0 Å². The van der Waals surface area contributed by atoms with Crippen LogP contribution in [0.1, 0.15) is 13.3 Å². The molecule has 0 atom stereocenters. The average molecular weight is 174 g/mol. The van der Waals surface area contributed by atoms with E-state index in [-0.39, 0.29) is 0 Å². The molecule has 0 aliphatic carbocycles. The van der Waals surface area contributed by atoms with Gasteiger partial charge < -0.3 is 8.85 Å². The van der Waals surface area contributed by atoms with Crippen molar-refractivity contribution in [2.45, 2.75) is 26.4 Å². The summed E-state index contributed by atoms with van der Waals surface area (Å²) in [6.45, 7) is 11.2. The van der Waals surface area contributed by atoms with Crippen LogP contribution in [0, 0.1) is 0 Å². The summed E-state index contributed by atoms with van der Waals surface area (Å²) in [4.78, 5) is 0. The summed E-state index contributed by atoms with van der Waals surface area (Å²) in [6, 6.07) is 0. The Bertz CT molecular complexity index is 113. The molecule has 0 radical (unpaired) electrons. The van der Waals surface area contributed by atoms with E-state index in [0.29, 0.717) is 0 Å². The third-order valence-corrected chi connectivity index (χ3v) is 3.15. The summed E-state index contributed by atoms with van der Waals surface area (Å²) in [5.41, 5.74) is 0. The Kier molecular flexibility index (Phi) is 5.46. The normalized spacial score (nSPS) is 11.5. The largest absolute Gasteiger partial charge is 0.395 e. The minimum atomic E-state index is -1.79. The fraction of sp³-hybridized carbons (Fsp3) is 0.750. The van der Waals surface area contributed by atoms with Gasteiger partial charge in [0.25, 0.3) is 0 Å². The first-order chi connectivity index (χ1) is 5.12. The van der Waals surface area contributed by atoms with Gasteiger partial charge in [0.1, 0.15) is 0 Å². The highest BCUT2D eigenvalue weighted by Gasteiger charge is 2.22. The van der Waals surface area contributed by atoms with Crippen LogP contribution in [0.15, 0.2) is 12.7 Å². The van der Waals surface area contributed by atoms with Crippen molar-refractivity contribution >= 4 is 8.56 Å². The highest BCUT2D eigenvalue weighted by Crippen LogP contribution is 2.06. The molecule has 11 heavy (non-hydrogen) atoms. The lowest BCUT2D eigenvalue weighted by molar-refractivity contribution is 0.190. The van der Waals surface area contributed by atoms with Crippen LogP contribution in [-0.2, 0) is 8.85 Å². The fourth-order valence-electron chi connectivity index (χ4n) is 0.777. The van der Waals surface area contributed by atoms with Crippen LogP contribution in [0.4, 0.5) is 0 Å². The molecule has 0 spiro atoms. The van der Waals surface area contributed by atoms with Crippen molar-refractivity contribution in [1.82, 2.24) is 0 Å². The summed E-state index contributed by atoms with van der Waals surface area (Å²) >= 11 is 0. The number of rotatable bonds is 6. The first kappa shape index (κ1) is 10.9. The maximum Gasteiger partial charge on any atom is 0.331 e. The van der Waals surface area contributed by atoms with Gasteiger partial charge in [-0.2, -0.15) is 0 Å². The predicted molar refractivity (Wildman–Crippen MR) is 49.9 cm³/mol. The van der Waals surface area contributed by atoms with Gasteiger partial charge >= 0.3 is 8.56 Å². The third-order valence-electron chi connectivity index (χ3n) is 1.26. The van der Waals surface area contributed by atoms with Gasteiger partial charge in [0.2, 0.25) is 0 Å². The lowest BCUT2D eigenvalue weighted by Crippen LogP contribution is -2.34. The maximum atomic E-state index is 5.56. The second kappa shape index (κ2) is 5.52. The van der Waals surface area contributed by atoms with Gasteiger partial charge in [-0.3, -0.25) is 0 Å². The highest BCUT2D eigenvalue weighted by atomic mass is 28.4. The molecular formula is C8H18O2Si. The molecule has 0 heterocycles. The van der Waals surface area contributed by atoms with E-state index in [4.69, 9.17) is 8.85 Å². The van der Waals surface area contributed by atoms with Crippen molar-refractivity contribution < 1.29 is 8.85 Å². The first-order valence-electron chi connectivity index (χ1n) is 4.01. The van der Waals surface area contributed by atoms with Crippen LogP contribution >= 0.6 is 0 Å². The van der Waals surface area contributed by atoms with Crippen LogP contribution in [0.5, 0.6) is 0 Å². The highest BCUT2D eigenvalue weighted by molar-refractivity contribution is 6.64. The maximum absolute atomic E-state index is 5.56. The first-order valence-corrected chi connectivity index (χ1v) is 6.83. The Morgan fingerprint density at radius 3 is 2.45 bits per heavy atom. The summed E-state index contributed by atoms with van der Waals surface area (Å²) in [7, 11) is -1.79. The van der Waals surface area contributed by atoms with Crippen molar-refractivity contribution in [1.29, 1.82) is 0 Å². The topological polar surface area (TPSA) is 18.5 Å². The lowest BCUT2D eigenvalue weighted by atomic mass is 10.5. The zero-order valence-corrected chi connectivity index (χ0v) is 8.72. The van der Waals surface area contributed by atoms with E-state index in [1.165, 1.54) is 0 Å². The Hall–Kier alpha value is -0.123. The van der Waals surface area contributed by atoms with E-state index in [9.17, 15) is 0 Å². The summed E-state index contributed by atoms with van der Waals surface area (Å²) in [5.74, 6) is 0. The Morgan fingerprint density at radius 1 is 1.36 bits per heavy atom. The monoisotopic (exact) mass is 174 g/mol. The molecule has 0 N–H and O–H groups in total. The minimum absolute atomic E-state index is 0.739. The van der Waals surface area contributed by atoms with Gasteiger partial charge in [-0.25, -0.2) is 0 Å². The molecule has 0 aromatic rings. The van der Waals surface area contributed by atoms with E-state index >= 15 is 0 Å². The van der Waals surface area contributed by atoms with Crippen molar-refractivity contribution in [3.05, 3.63) is 12.7 Å². The zero-order chi connectivity index (χ0) is 8.74. The molecule has 0 saturated carbocycles. The number of hydrogen-bond donors (Lipinski definition) is 0. The summed E-state index contributed by atoms with van der Waals surface area (Å²) in [6.07, 6.45) is 2.76. The van der Waals surface area contributed by atoms with Crippen molar-refractivity contribution in [2.24, 2.45) is 0 Å². The quantitative estimate of drug-likeness (QED) is 0.349. The molecule has 0 unspecified atom stereocenters. The molecule has 0 fully saturated rings. The Balaban J connectivity index is 3.45. The molecule has 0 aromatic heterocycles. The molecule has 0 rings (SSSR count). The van der Waals surface area contributed by atoms with Crippen LogP contribution < -0.4 is 0 Å². The zero-order valence-electron chi connectivity index (χ0n) is 7.72. The van der Waals surface area contributed by atoms with E-state index in [0.717, 1.165) is 19.6 Å². The third kappa shape index (κ3) is 6.28. The standard InChI is InChI=1S/C8H18O2Si/c1-5-7-8-10-11(3,4)9-6-2/h5H,1,6-8H2,2-4H3. The van der Waals surface area contributed by atoms with Gasteiger partial charge in [0.05, 0.1) is 0 Å². The summed E-state index contributed by atoms with van der Waals surface area (Å²) < 4.78 is 11.0. The van der Waals surface area contributed by atoms with Crippen LogP contribution in [0.3, 0.4) is 0 Å². The van der Waals surface area contributed by atoms with Crippen LogP contribution in [0.2, 0.25) is 13.1 Å². The Labute approximate surface area is 70.5 Å². The molecule has 0 saturated heterocycles. The molecular weight excluding hydrogens is 156 g/mol. The minimum Gasteiger partial charge on any atom is -0.395 e. The fourth-order valence-corrected chi connectivity index (χ4v) is 2.17. The molecule has 0 amide bonds. The smallest absolute Gasteiger partial charge is 0.331 e. The Morgan fingerprint density at radius 2 is 2.00 bits per heavy atom. The van der Waals surface area contributed by atoms with Gasteiger partial charge in [-0.1, -0.05) is 6.08 Å². The van der Waals surface area contributed by atoms with Crippen LogP contribution in [0.25, 0.3) is 0 Å². The van der Waals surface area contributed by atoms with Gasteiger partial charge in [-0.15, -0.1) is 6.58 Å². The average Bonchev–Trinajstić information content (AvgIpc) is 1.87. The van der Waals surface area contributed by atoms with E-state index in [2.05, 4.69) is 19.7 Å². The molecule has 0 aromatic carbocycles. The molecule has 66 valence electrons. The molecule has 0 bridgehead atoms. The molecule has 2 nitrogen and oxygen atoms in total. The van der Waals surface area contributed by atoms with Gasteiger partial charge in [-0.05, 0) is 26.4 Å². The SMILES string of the molecule is C=CCCO[Si](C)(C)OCC. The van der Waals surface area contributed by atoms with Crippen LogP contribution in [-0.4, -0.2) is 21.8 Å². The number of hydrogen-bond acceptors (Lipinski definition) is 2. The summed E-state index contributed by atoms with van der Waals surface area (Å²) in [5, 5.41) is 0. The molecule has 3 heteroatoms. The van der Waals surface area contributed by atoms with E-state index < -0.39 is 8.56 Å².